The number of aromatic nitrogens is 4. The number of rotatable bonds is 3. The van der Waals surface area contributed by atoms with Crippen LogP contribution in [-0.4, -0.2) is 45.7 Å². The van der Waals surface area contributed by atoms with Crippen LogP contribution in [0.5, 0.6) is 0 Å². The second-order valence-corrected chi connectivity index (χ2v) is 8.53. The van der Waals surface area contributed by atoms with Crippen LogP contribution in [0.2, 0.25) is 0 Å². The van der Waals surface area contributed by atoms with Gasteiger partial charge in [0, 0.05) is 43.6 Å². The van der Waals surface area contributed by atoms with Crippen molar-refractivity contribution in [2.75, 3.05) is 31.1 Å². The van der Waals surface area contributed by atoms with Gasteiger partial charge in [0.2, 0.25) is 0 Å². The van der Waals surface area contributed by atoms with Crippen molar-refractivity contribution >= 4 is 17.0 Å². The first-order chi connectivity index (χ1) is 15.2. The van der Waals surface area contributed by atoms with Crippen molar-refractivity contribution in [2.24, 2.45) is 11.8 Å². The number of aryl methyl sites for hydroxylation is 1. The van der Waals surface area contributed by atoms with Crippen molar-refractivity contribution in [3.8, 4) is 17.1 Å². The quantitative estimate of drug-likeness (QED) is 0.555. The van der Waals surface area contributed by atoms with E-state index in [1.807, 2.05) is 25.1 Å². The molecule has 2 saturated heterocycles. The van der Waals surface area contributed by atoms with Gasteiger partial charge in [0.25, 0.3) is 0 Å². The van der Waals surface area contributed by atoms with Crippen LogP contribution in [0.4, 0.5) is 10.2 Å². The zero-order chi connectivity index (χ0) is 20.9. The minimum atomic E-state index is -0.263. The number of pyridine rings is 2. The van der Waals surface area contributed by atoms with Gasteiger partial charge in [-0.25, -0.2) is 14.4 Å². The molecule has 3 aromatic heterocycles. The van der Waals surface area contributed by atoms with Gasteiger partial charge in [-0.2, -0.15) is 0 Å². The lowest BCUT2D eigenvalue weighted by atomic mass is 10.0. The normalized spacial score (nSPS) is 20.5. The van der Waals surface area contributed by atoms with Crippen LogP contribution >= 0.6 is 0 Å². The fraction of sp³-hybridized carbons (Fsp3) is 0.292. The van der Waals surface area contributed by atoms with Crippen LogP contribution in [-0.2, 0) is 0 Å². The first-order valence-corrected chi connectivity index (χ1v) is 10.7. The highest BCUT2D eigenvalue weighted by atomic mass is 19.1. The standard InChI is InChI=1S/C24H23FN6/c1-15-10-20(8-9-27-15)31-23(16-2-4-19(25)5-3-16)28-21-6-7-22(29-24(21)31)30-13-17-11-26-12-18(17)14-30/h2-10,17-18,26H,11-14H2,1H3. The average molecular weight is 414 g/mol. The lowest BCUT2D eigenvalue weighted by Gasteiger charge is -2.19. The molecule has 0 bridgehead atoms. The smallest absolute Gasteiger partial charge is 0.167 e. The first kappa shape index (κ1) is 18.4. The predicted octanol–water partition coefficient (Wildman–Crippen LogP) is 3.59. The summed E-state index contributed by atoms with van der Waals surface area (Å²) in [6, 6.07) is 14.5. The topological polar surface area (TPSA) is 58.9 Å². The van der Waals surface area contributed by atoms with Crippen LogP contribution in [0.3, 0.4) is 0 Å². The lowest BCUT2D eigenvalue weighted by Crippen LogP contribution is -2.26. The molecule has 0 spiro atoms. The maximum Gasteiger partial charge on any atom is 0.167 e. The van der Waals surface area contributed by atoms with Gasteiger partial charge >= 0.3 is 0 Å². The second-order valence-electron chi connectivity index (χ2n) is 8.53. The van der Waals surface area contributed by atoms with Gasteiger partial charge in [0.05, 0.1) is 5.69 Å². The molecular formula is C24H23FN6. The summed E-state index contributed by atoms with van der Waals surface area (Å²) >= 11 is 0. The molecule has 0 saturated carbocycles. The van der Waals surface area contributed by atoms with E-state index in [1.165, 1.54) is 12.1 Å². The summed E-state index contributed by atoms with van der Waals surface area (Å²) in [7, 11) is 0. The molecule has 7 heteroatoms. The Bertz CT molecular complexity index is 1250. The lowest BCUT2D eigenvalue weighted by molar-refractivity contribution is 0.533. The summed E-state index contributed by atoms with van der Waals surface area (Å²) in [5.74, 6) is 2.85. The number of halogens is 1. The average Bonchev–Trinajstić information content (AvgIpc) is 3.47. The fourth-order valence-electron chi connectivity index (χ4n) is 4.87. The van der Waals surface area contributed by atoms with Gasteiger partial charge in [-0.15, -0.1) is 0 Å². The van der Waals surface area contributed by atoms with Gasteiger partial charge in [-0.05, 0) is 67.3 Å². The Morgan fingerprint density at radius 2 is 1.74 bits per heavy atom. The third-order valence-corrected chi connectivity index (χ3v) is 6.44. The third-order valence-electron chi connectivity index (χ3n) is 6.44. The largest absolute Gasteiger partial charge is 0.356 e. The van der Waals surface area contributed by atoms with Crippen molar-refractivity contribution in [2.45, 2.75) is 6.92 Å². The highest BCUT2D eigenvalue weighted by Crippen LogP contribution is 2.33. The highest BCUT2D eigenvalue weighted by Gasteiger charge is 2.36. The van der Waals surface area contributed by atoms with E-state index in [9.17, 15) is 4.39 Å². The van der Waals surface area contributed by atoms with Crippen LogP contribution in [0, 0.1) is 24.6 Å². The fourth-order valence-corrected chi connectivity index (χ4v) is 4.87. The first-order valence-electron chi connectivity index (χ1n) is 10.7. The molecule has 5 heterocycles. The van der Waals surface area contributed by atoms with Crippen molar-refractivity contribution in [1.82, 2.24) is 24.8 Å². The maximum absolute atomic E-state index is 13.5. The van der Waals surface area contributed by atoms with Gasteiger partial charge in [-0.1, -0.05) is 0 Å². The van der Waals surface area contributed by atoms with Gasteiger partial charge in [0.15, 0.2) is 5.65 Å². The van der Waals surface area contributed by atoms with E-state index in [0.717, 1.165) is 65.9 Å². The van der Waals surface area contributed by atoms with Crippen LogP contribution in [0.15, 0.2) is 54.7 Å². The van der Waals surface area contributed by atoms with Crippen LogP contribution in [0.25, 0.3) is 28.2 Å². The summed E-state index contributed by atoms with van der Waals surface area (Å²) < 4.78 is 15.6. The second kappa shape index (κ2) is 7.13. The highest BCUT2D eigenvalue weighted by molar-refractivity contribution is 5.81. The summed E-state index contributed by atoms with van der Waals surface area (Å²) in [6.07, 6.45) is 1.80. The van der Waals surface area contributed by atoms with Crippen molar-refractivity contribution in [1.29, 1.82) is 0 Å². The Labute approximate surface area is 179 Å². The molecule has 4 aromatic rings. The Morgan fingerprint density at radius 1 is 0.968 bits per heavy atom. The predicted molar refractivity (Wildman–Crippen MR) is 119 cm³/mol. The summed E-state index contributed by atoms with van der Waals surface area (Å²) in [5.41, 5.74) is 4.33. The van der Waals surface area contributed by atoms with E-state index in [1.54, 1.807) is 18.3 Å². The SMILES string of the molecule is Cc1cc(-n2c(-c3ccc(F)cc3)nc3ccc(N4CC5CNCC5C4)nc32)ccn1. The van der Waals surface area contributed by atoms with E-state index in [0.29, 0.717) is 11.8 Å². The molecule has 2 atom stereocenters. The Hall–Kier alpha value is -3.32. The zero-order valence-electron chi connectivity index (χ0n) is 17.3. The van der Waals surface area contributed by atoms with E-state index in [4.69, 9.17) is 9.97 Å². The van der Waals surface area contributed by atoms with Gasteiger partial charge in [0.1, 0.15) is 23.0 Å². The molecule has 156 valence electrons. The number of anilines is 1. The molecule has 2 aliphatic rings. The molecule has 6 nitrogen and oxygen atoms in total. The van der Waals surface area contributed by atoms with Gasteiger partial charge < -0.3 is 10.2 Å². The molecule has 0 amide bonds. The number of fused-ring (bicyclic) bond motifs is 2. The monoisotopic (exact) mass is 414 g/mol. The Balaban J connectivity index is 1.51. The molecule has 6 rings (SSSR count). The third kappa shape index (κ3) is 3.16. The van der Waals surface area contributed by atoms with E-state index >= 15 is 0 Å². The number of imidazole rings is 1. The van der Waals surface area contributed by atoms with Crippen molar-refractivity contribution in [3.05, 3.63) is 66.2 Å². The Morgan fingerprint density at radius 3 is 2.48 bits per heavy atom. The van der Waals surface area contributed by atoms with Gasteiger partial charge in [-0.3, -0.25) is 9.55 Å². The minimum Gasteiger partial charge on any atom is -0.356 e. The number of benzene rings is 1. The summed E-state index contributed by atoms with van der Waals surface area (Å²) in [5, 5.41) is 3.49. The van der Waals surface area contributed by atoms with E-state index in [2.05, 4.69) is 25.8 Å². The minimum absolute atomic E-state index is 0.263. The maximum atomic E-state index is 13.5. The molecule has 0 aliphatic carbocycles. The van der Waals surface area contributed by atoms with Crippen LogP contribution < -0.4 is 10.2 Å². The van der Waals surface area contributed by atoms with Crippen molar-refractivity contribution in [3.63, 3.8) is 0 Å². The molecule has 2 fully saturated rings. The summed E-state index contributed by atoms with van der Waals surface area (Å²) in [6.45, 7) is 6.21. The number of nitrogens with one attached hydrogen (secondary N) is 1. The van der Waals surface area contributed by atoms with E-state index < -0.39 is 0 Å². The van der Waals surface area contributed by atoms with Crippen molar-refractivity contribution < 1.29 is 4.39 Å². The zero-order valence-corrected chi connectivity index (χ0v) is 17.3. The number of nitrogens with zero attached hydrogens (tertiary/aromatic N) is 5. The molecule has 1 aromatic carbocycles. The molecule has 2 aliphatic heterocycles. The summed E-state index contributed by atoms with van der Waals surface area (Å²) in [4.78, 5) is 16.7. The van der Waals surface area contributed by atoms with Crippen LogP contribution in [0.1, 0.15) is 5.69 Å². The van der Waals surface area contributed by atoms with E-state index in [-0.39, 0.29) is 5.82 Å². The molecule has 1 N–H and O–H groups in total. The molecular weight excluding hydrogens is 391 g/mol. The number of hydrogen-bond acceptors (Lipinski definition) is 5. The molecule has 2 unspecified atom stereocenters. The number of hydrogen-bond donors (Lipinski definition) is 1. The molecule has 0 radical (unpaired) electrons. The Kier molecular flexibility index (Phi) is 4.24. The molecule has 31 heavy (non-hydrogen) atoms.